The van der Waals surface area contributed by atoms with Crippen molar-refractivity contribution in [1.82, 2.24) is 0 Å². The molecule has 40 heavy (non-hydrogen) atoms. The fourth-order valence-corrected chi connectivity index (χ4v) is 13.7. The van der Waals surface area contributed by atoms with Gasteiger partial charge in [-0.2, -0.15) is 0 Å². The van der Waals surface area contributed by atoms with E-state index in [0.717, 1.165) is 0 Å². The van der Waals surface area contributed by atoms with E-state index in [1.807, 2.05) is 55.4 Å². The fourth-order valence-electron chi connectivity index (χ4n) is 6.30. The molecular weight excluding hydrogens is 601 g/mol. The molecule has 10 atom stereocenters. The lowest BCUT2D eigenvalue weighted by Gasteiger charge is -2.32. The Morgan fingerprint density at radius 3 is 1.12 bits per heavy atom. The summed E-state index contributed by atoms with van der Waals surface area (Å²) in [5.74, 6) is -2.71. The summed E-state index contributed by atoms with van der Waals surface area (Å²) in [5.41, 5.74) is 0. The predicted molar refractivity (Wildman–Crippen MR) is 154 cm³/mol. The quantitative estimate of drug-likeness (QED) is 0.268. The minimum Gasteiger partial charge on any atom is -0.352 e. The standard InChI is InChI=1S/C26H42O10S4/c1-21(2)27-11-13(29-21)15-17-19(35-23(5,6)31-17)25(9,33-15)37-39-40-38-26(10)20-18(32-24(7,8)36-20)16(34-26)14-12-28-22(3,4)30-14/h13-20H,11-12H2,1-10H3/t13-,14-,15-,16-,17+,18+,19+,20+,25-,26-/m1/s1. The minimum absolute atomic E-state index is 0.233. The number of hydrogen-bond donors (Lipinski definition) is 0. The van der Waals surface area contributed by atoms with Crippen LogP contribution >= 0.6 is 41.2 Å². The van der Waals surface area contributed by atoms with Crippen LogP contribution in [0.15, 0.2) is 0 Å². The summed E-state index contributed by atoms with van der Waals surface area (Å²) >= 11 is 0. The van der Waals surface area contributed by atoms with Crippen molar-refractivity contribution in [3.8, 4) is 0 Å². The molecule has 0 saturated carbocycles. The summed E-state index contributed by atoms with van der Waals surface area (Å²) in [6.07, 6.45) is -2.09. The molecule has 0 aromatic rings. The summed E-state index contributed by atoms with van der Waals surface area (Å²) in [5, 5.41) is 0. The number of ether oxygens (including phenoxy) is 10. The molecular formula is C26H42O10S4. The molecule has 0 N–H and O–H groups in total. The summed E-state index contributed by atoms with van der Waals surface area (Å²) in [6.45, 7) is 20.5. The first-order chi connectivity index (χ1) is 18.4. The first-order valence-corrected chi connectivity index (χ1v) is 18.6. The molecule has 0 bridgehead atoms. The molecule has 0 aliphatic carbocycles. The third-order valence-corrected chi connectivity index (χ3v) is 15.2. The third-order valence-electron chi connectivity index (χ3n) is 7.90. The van der Waals surface area contributed by atoms with Crippen molar-refractivity contribution in [3.63, 3.8) is 0 Å². The molecule has 6 saturated heterocycles. The van der Waals surface area contributed by atoms with Gasteiger partial charge in [0.15, 0.2) is 33.0 Å². The molecule has 0 aromatic heterocycles. The fraction of sp³-hybridized carbons (Fsp3) is 1.00. The zero-order valence-corrected chi connectivity index (χ0v) is 28.0. The van der Waals surface area contributed by atoms with Crippen molar-refractivity contribution >= 4 is 41.2 Å². The Balaban J connectivity index is 1.10. The summed E-state index contributed by atoms with van der Waals surface area (Å²) in [4.78, 5) is -1.31. The zero-order chi connectivity index (χ0) is 28.9. The highest BCUT2D eigenvalue weighted by molar-refractivity contribution is 9.26. The van der Waals surface area contributed by atoms with Crippen LogP contribution in [0.25, 0.3) is 0 Å². The number of fused-ring (bicyclic) bond motifs is 2. The molecule has 0 unspecified atom stereocenters. The van der Waals surface area contributed by atoms with Crippen LogP contribution in [0, 0.1) is 0 Å². The maximum Gasteiger partial charge on any atom is 0.164 e. The molecule has 6 fully saturated rings. The Kier molecular flexibility index (Phi) is 7.95. The second kappa shape index (κ2) is 10.3. The first-order valence-electron chi connectivity index (χ1n) is 13.8. The molecule has 0 aromatic carbocycles. The van der Waals surface area contributed by atoms with E-state index in [4.69, 9.17) is 47.4 Å². The number of hydrogen-bond acceptors (Lipinski definition) is 14. The van der Waals surface area contributed by atoms with E-state index >= 15 is 0 Å². The third kappa shape index (κ3) is 5.86. The highest BCUT2D eigenvalue weighted by atomic mass is 33.7. The van der Waals surface area contributed by atoms with Crippen molar-refractivity contribution in [2.45, 2.75) is 151 Å². The molecule has 10 nitrogen and oxygen atoms in total. The van der Waals surface area contributed by atoms with E-state index in [2.05, 4.69) is 13.8 Å². The van der Waals surface area contributed by atoms with Crippen LogP contribution in [-0.2, 0) is 47.4 Å². The van der Waals surface area contributed by atoms with E-state index in [-0.39, 0.29) is 48.8 Å². The van der Waals surface area contributed by atoms with Crippen molar-refractivity contribution in [2.24, 2.45) is 0 Å². The molecule has 6 heterocycles. The molecule has 14 heteroatoms. The van der Waals surface area contributed by atoms with Gasteiger partial charge in [-0.25, -0.2) is 0 Å². The van der Waals surface area contributed by atoms with Gasteiger partial charge in [-0.05, 0) is 110 Å². The lowest BCUT2D eigenvalue weighted by atomic mass is 10.0. The van der Waals surface area contributed by atoms with E-state index in [1.165, 1.54) is 0 Å². The highest BCUT2D eigenvalue weighted by Crippen LogP contribution is 2.62. The molecule has 6 rings (SSSR count). The van der Waals surface area contributed by atoms with Crippen molar-refractivity contribution in [2.75, 3.05) is 13.2 Å². The molecule has 6 aliphatic rings. The van der Waals surface area contributed by atoms with E-state index in [1.54, 1.807) is 41.2 Å². The van der Waals surface area contributed by atoms with Crippen LogP contribution in [0.5, 0.6) is 0 Å². The van der Waals surface area contributed by atoms with E-state index in [0.29, 0.717) is 13.2 Å². The highest BCUT2D eigenvalue weighted by Gasteiger charge is 2.66. The molecule has 0 spiro atoms. The van der Waals surface area contributed by atoms with Gasteiger partial charge in [-0.1, -0.05) is 0 Å². The van der Waals surface area contributed by atoms with Crippen LogP contribution in [-0.4, -0.2) is 95.1 Å². The van der Waals surface area contributed by atoms with E-state index in [9.17, 15) is 0 Å². The number of rotatable bonds is 7. The lowest BCUT2D eigenvalue weighted by Crippen LogP contribution is -2.40. The van der Waals surface area contributed by atoms with Crippen LogP contribution in [0.3, 0.4) is 0 Å². The van der Waals surface area contributed by atoms with Gasteiger partial charge in [0.05, 0.1) is 13.2 Å². The van der Waals surface area contributed by atoms with Gasteiger partial charge in [-0.3, -0.25) is 0 Å². The monoisotopic (exact) mass is 642 g/mol. The second-order valence-electron chi connectivity index (χ2n) is 13.3. The van der Waals surface area contributed by atoms with Gasteiger partial charge < -0.3 is 47.4 Å². The summed E-state index contributed by atoms with van der Waals surface area (Å²) in [6, 6.07) is 0. The lowest BCUT2D eigenvalue weighted by molar-refractivity contribution is -0.209. The molecule has 230 valence electrons. The van der Waals surface area contributed by atoms with Crippen LogP contribution in [0.4, 0.5) is 0 Å². The van der Waals surface area contributed by atoms with Crippen molar-refractivity contribution < 1.29 is 47.4 Å². The van der Waals surface area contributed by atoms with Gasteiger partial charge in [0.1, 0.15) is 48.8 Å². The summed E-state index contributed by atoms with van der Waals surface area (Å²) in [7, 11) is 6.50. The van der Waals surface area contributed by atoms with Crippen LogP contribution in [0.2, 0.25) is 0 Å². The second-order valence-corrected chi connectivity index (χ2v) is 19.8. The topological polar surface area (TPSA) is 92.3 Å². The van der Waals surface area contributed by atoms with Gasteiger partial charge in [0.25, 0.3) is 0 Å². The Hall–Kier alpha value is 1.000. The Morgan fingerprint density at radius 2 is 0.800 bits per heavy atom. The van der Waals surface area contributed by atoms with Gasteiger partial charge >= 0.3 is 0 Å². The smallest absolute Gasteiger partial charge is 0.164 e. The van der Waals surface area contributed by atoms with Crippen LogP contribution in [0.1, 0.15) is 69.2 Å². The maximum atomic E-state index is 6.64. The summed E-state index contributed by atoms with van der Waals surface area (Å²) < 4.78 is 62.6. The van der Waals surface area contributed by atoms with Gasteiger partial charge in [0, 0.05) is 0 Å². The maximum absolute atomic E-state index is 6.64. The average molecular weight is 643 g/mol. The van der Waals surface area contributed by atoms with Crippen molar-refractivity contribution in [3.05, 3.63) is 0 Å². The molecule has 0 radical (unpaired) electrons. The molecule has 0 amide bonds. The largest absolute Gasteiger partial charge is 0.352 e. The Labute approximate surface area is 252 Å². The average Bonchev–Trinajstić information content (AvgIpc) is 3.62. The SMILES string of the molecule is CC1(C)OC[C@H]([C@H]2O[C@](C)(SSSS[C@@]3(C)O[C@H]([C@H]4COC(C)(C)O4)[C@@H]4OC(C)(C)O[C@@H]43)[C@H]3OC(C)(C)O[C@@H]23)O1. The normalized spacial score (nSPS) is 50.0. The predicted octanol–water partition coefficient (Wildman–Crippen LogP) is 5.24. The van der Waals surface area contributed by atoms with Crippen LogP contribution < -0.4 is 0 Å². The van der Waals surface area contributed by atoms with Gasteiger partial charge in [0.2, 0.25) is 0 Å². The Bertz CT molecular complexity index is 907. The van der Waals surface area contributed by atoms with E-state index < -0.39 is 33.0 Å². The van der Waals surface area contributed by atoms with Crippen molar-refractivity contribution in [1.29, 1.82) is 0 Å². The van der Waals surface area contributed by atoms with Gasteiger partial charge in [-0.15, -0.1) is 0 Å². The first kappa shape index (κ1) is 31.0. The zero-order valence-electron chi connectivity index (χ0n) is 24.7. The minimum atomic E-state index is -0.705. The Morgan fingerprint density at radius 1 is 0.425 bits per heavy atom. The molecule has 6 aliphatic heterocycles.